The zero-order chi connectivity index (χ0) is 24.8. The van der Waals surface area contributed by atoms with E-state index in [1.165, 1.54) is 16.7 Å². The quantitative estimate of drug-likeness (QED) is 0.397. The molecule has 4 rings (SSSR count). The molecule has 1 aromatic heterocycles. The van der Waals surface area contributed by atoms with E-state index in [0.29, 0.717) is 11.4 Å². The van der Waals surface area contributed by atoms with Crippen molar-refractivity contribution in [1.82, 2.24) is 15.6 Å². The predicted octanol–water partition coefficient (Wildman–Crippen LogP) is 3.43. The Kier molecular flexibility index (Phi) is 7.43. The van der Waals surface area contributed by atoms with E-state index >= 15 is 0 Å². The Morgan fingerprint density at radius 3 is 2.37 bits per heavy atom. The van der Waals surface area contributed by atoms with Gasteiger partial charge in [-0.15, -0.1) is 23.7 Å². The van der Waals surface area contributed by atoms with Crippen LogP contribution in [0, 0.1) is 12.3 Å². The first-order chi connectivity index (χ1) is 17.0. The highest BCUT2D eigenvalue weighted by molar-refractivity contribution is 7.09. The molecule has 3 aromatic rings. The third-order valence-electron chi connectivity index (χ3n) is 5.68. The van der Waals surface area contributed by atoms with E-state index in [0.717, 1.165) is 22.3 Å². The Morgan fingerprint density at radius 2 is 1.77 bits per heavy atom. The second kappa shape index (κ2) is 10.8. The van der Waals surface area contributed by atoms with E-state index < -0.39 is 24.0 Å². The van der Waals surface area contributed by atoms with Crippen molar-refractivity contribution < 1.29 is 24.2 Å². The highest BCUT2D eigenvalue weighted by Gasteiger charge is 2.29. The molecule has 1 unspecified atom stereocenters. The maximum Gasteiger partial charge on any atom is 0.407 e. The molecule has 1 heterocycles. The van der Waals surface area contributed by atoms with Gasteiger partial charge < -0.3 is 20.5 Å². The lowest BCUT2D eigenvalue weighted by molar-refractivity contribution is -0.122. The number of carbonyl (C=O) groups is 3. The lowest BCUT2D eigenvalue weighted by Gasteiger charge is -2.18. The normalized spacial score (nSPS) is 12.7. The molecular weight excluding hydrogens is 466 g/mol. The number of carboxylic acid groups (broad SMARTS) is 1. The van der Waals surface area contributed by atoms with Crippen LogP contribution in [0.25, 0.3) is 11.1 Å². The van der Waals surface area contributed by atoms with E-state index in [-0.39, 0.29) is 31.2 Å². The molecule has 178 valence electrons. The number of fused-ring (bicyclic) bond motifs is 3. The van der Waals surface area contributed by atoms with Gasteiger partial charge in [0.2, 0.25) is 5.91 Å². The highest BCUT2D eigenvalue weighted by Crippen LogP contribution is 2.44. The minimum Gasteiger partial charge on any atom is -0.476 e. The number of nitrogens with one attached hydrogen (secondary N) is 2. The number of rotatable bonds is 9. The van der Waals surface area contributed by atoms with Crippen molar-refractivity contribution in [2.45, 2.75) is 24.8 Å². The number of carboxylic acids is 1. The number of hydrogen-bond acceptors (Lipinski definition) is 6. The van der Waals surface area contributed by atoms with Crippen molar-refractivity contribution in [1.29, 1.82) is 0 Å². The lowest BCUT2D eigenvalue weighted by atomic mass is 9.98. The maximum absolute atomic E-state index is 12.6. The summed E-state index contributed by atoms with van der Waals surface area (Å²) in [5, 5.41) is 16.2. The van der Waals surface area contributed by atoms with Gasteiger partial charge in [0.25, 0.3) is 0 Å². The predicted molar refractivity (Wildman–Crippen MR) is 131 cm³/mol. The van der Waals surface area contributed by atoms with E-state index in [1.807, 2.05) is 36.4 Å². The number of carbonyl (C=O) groups excluding carboxylic acids is 2. The molecule has 9 heteroatoms. The van der Waals surface area contributed by atoms with Crippen molar-refractivity contribution in [3.63, 3.8) is 0 Å². The standard InChI is InChI=1S/C26H23N3O5S/c1-2-7-21(24(30)27-13-12-23-28-22(15-35-23)25(31)32)29-26(33)34-14-20-18-10-5-3-8-16(18)17-9-4-6-11-19(17)20/h1,3-6,8-11,15,20-21H,7,12-14H2,(H,27,30)(H,29,33)(H,31,32). The van der Waals surface area contributed by atoms with Crippen LogP contribution < -0.4 is 10.6 Å². The summed E-state index contributed by atoms with van der Waals surface area (Å²) in [4.78, 5) is 40.0. The van der Waals surface area contributed by atoms with Crippen LogP contribution >= 0.6 is 11.3 Å². The largest absolute Gasteiger partial charge is 0.476 e. The number of aromatic nitrogens is 1. The molecule has 2 amide bonds. The third-order valence-corrected chi connectivity index (χ3v) is 6.59. The molecule has 0 spiro atoms. The van der Waals surface area contributed by atoms with Gasteiger partial charge >= 0.3 is 12.1 Å². The zero-order valence-electron chi connectivity index (χ0n) is 18.7. The number of terminal acetylenes is 1. The number of alkyl carbamates (subject to hydrolysis) is 1. The van der Waals surface area contributed by atoms with Crippen molar-refractivity contribution in [2.24, 2.45) is 0 Å². The Hall–Kier alpha value is -4.16. The summed E-state index contributed by atoms with van der Waals surface area (Å²) in [6.45, 7) is 0.346. The van der Waals surface area contributed by atoms with Gasteiger partial charge in [0.15, 0.2) is 5.69 Å². The number of hydrogen-bond donors (Lipinski definition) is 3. The summed E-state index contributed by atoms with van der Waals surface area (Å²) in [6.07, 6.45) is 5.01. The molecule has 0 radical (unpaired) electrons. The average molecular weight is 490 g/mol. The summed E-state index contributed by atoms with van der Waals surface area (Å²) in [5.74, 6) is 0.748. The molecule has 0 fully saturated rings. The summed E-state index contributed by atoms with van der Waals surface area (Å²) in [6, 6.07) is 15.1. The first kappa shape index (κ1) is 24.0. The fourth-order valence-corrected chi connectivity index (χ4v) is 4.82. The van der Waals surface area contributed by atoms with Gasteiger partial charge in [0.05, 0.1) is 5.01 Å². The molecule has 1 aliphatic carbocycles. The van der Waals surface area contributed by atoms with Gasteiger partial charge in [0, 0.05) is 30.7 Å². The Labute approximate surface area is 206 Å². The van der Waals surface area contributed by atoms with Crippen LogP contribution in [0.4, 0.5) is 4.79 Å². The van der Waals surface area contributed by atoms with Gasteiger partial charge in [-0.3, -0.25) is 4.79 Å². The van der Waals surface area contributed by atoms with Crippen LogP contribution in [-0.4, -0.2) is 47.3 Å². The number of amides is 2. The smallest absolute Gasteiger partial charge is 0.407 e. The fraction of sp³-hybridized carbons (Fsp3) is 0.231. The number of aromatic carboxylic acids is 1. The molecule has 0 aliphatic heterocycles. The second-order valence-corrected chi connectivity index (χ2v) is 8.85. The van der Waals surface area contributed by atoms with Crippen LogP contribution in [0.5, 0.6) is 0 Å². The van der Waals surface area contributed by atoms with Crippen LogP contribution in [-0.2, 0) is 16.0 Å². The molecule has 1 atom stereocenters. The van der Waals surface area contributed by atoms with Crippen LogP contribution in [0.3, 0.4) is 0 Å². The molecule has 3 N–H and O–H groups in total. The Bertz CT molecular complexity index is 1250. The van der Waals surface area contributed by atoms with E-state index in [1.54, 1.807) is 0 Å². The van der Waals surface area contributed by atoms with Crippen molar-refractivity contribution in [3.8, 4) is 23.5 Å². The van der Waals surface area contributed by atoms with Gasteiger partial charge in [-0.25, -0.2) is 14.6 Å². The average Bonchev–Trinajstić information content (AvgIpc) is 3.46. The Balaban J connectivity index is 1.31. The fourth-order valence-electron chi connectivity index (χ4n) is 4.05. The molecular formula is C26H23N3O5S. The summed E-state index contributed by atoms with van der Waals surface area (Å²) >= 11 is 1.20. The molecule has 8 nitrogen and oxygen atoms in total. The minimum atomic E-state index is -1.10. The van der Waals surface area contributed by atoms with Gasteiger partial charge in [-0.1, -0.05) is 48.5 Å². The molecule has 0 saturated heterocycles. The van der Waals surface area contributed by atoms with Crippen molar-refractivity contribution in [2.75, 3.05) is 13.2 Å². The van der Waals surface area contributed by atoms with E-state index in [9.17, 15) is 14.4 Å². The zero-order valence-corrected chi connectivity index (χ0v) is 19.5. The SMILES string of the molecule is C#CCC(NC(=O)OCC1c2ccccc2-c2ccccc21)C(=O)NCCc1nc(C(=O)O)cs1. The Morgan fingerprint density at radius 1 is 1.11 bits per heavy atom. The van der Waals surface area contributed by atoms with Crippen LogP contribution in [0.2, 0.25) is 0 Å². The number of nitrogens with zero attached hydrogens (tertiary/aromatic N) is 1. The second-order valence-electron chi connectivity index (χ2n) is 7.90. The molecule has 0 bridgehead atoms. The molecule has 2 aromatic carbocycles. The summed E-state index contributed by atoms with van der Waals surface area (Å²) < 4.78 is 5.50. The monoisotopic (exact) mass is 489 g/mol. The van der Waals surface area contributed by atoms with E-state index in [4.69, 9.17) is 16.3 Å². The van der Waals surface area contributed by atoms with Crippen molar-refractivity contribution in [3.05, 3.63) is 75.7 Å². The minimum absolute atomic E-state index is 0.00353. The number of thiazole rings is 1. The van der Waals surface area contributed by atoms with Gasteiger partial charge in [-0.05, 0) is 22.3 Å². The first-order valence-electron chi connectivity index (χ1n) is 11.0. The van der Waals surface area contributed by atoms with E-state index in [2.05, 4.69) is 33.7 Å². The lowest BCUT2D eigenvalue weighted by Crippen LogP contribution is -2.47. The van der Waals surface area contributed by atoms with Gasteiger partial charge in [-0.2, -0.15) is 0 Å². The highest BCUT2D eigenvalue weighted by atomic mass is 32.1. The maximum atomic E-state index is 12.6. The van der Waals surface area contributed by atoms with Crippen LogP contribution in [0.1, 0.15) is 39.0 Å². The van der Waals surface area contributed by atoms with Crippen molar-refractivity contribution >= 4 is 29.3 Å². The number of ether oxygens (including phenoxy) is 1. The molecule has 0 saturated carbocycles. The number of benzene rings is 2. The summed E-state index contributed by atoms with van der Waals surface area (Å²) in [5.41, 5.74) is 4.40. The third kappa shape index (κ3) is 5.50. The molecule has 35 heavy (non-hydrogen) atoms. The summed E-state index contributed by atoms with van der Waals surface area (Å²) in [7, 11) is 0. The van der Waals surface area contributed by atoms with Crippen LogP contribution in [0.15, 0.2) is 53.9 Å². The van der Waals surface area contributed by atoms with Gasteiger partial charge in [0.1, 0.15) is 12.6 Å². The molecule has 1 aliphatic rings. The topological polar surface area (TPSA) is 118 Å². The first-order valence-corrected chi connectivity index (χ1v) is 11.9.